The Morgan fingerprint density at radius 3 is 2.28 bits per heavy atom. The maximum absolute atomic E-state index is 2.22. The fourth-order valence-electron chi connectivity index (χ4n) is 2.10. The van der Waals surface area contributed by atoms with E-state index in [-0.39, 0.29) is 0 Å². The second kappa shape index (κ2) is 5.28. The van der Waals surface area contributed by atoms with Crippen molar-refractivity contribution in [2.75, 3.05) is 0 Å². The molecule has 0 saturated carbocycles. The van der Waals surface area contributed by atoms with Gasteiger partial charge >= 0.3 is 0 Å². The molecule has 0 aliphatic rings. The molecule has 0 unspecified atom stereocenters. The minimum atomic E-state index is 1.02. The minimum absolute atomic E-state index is 1.02. The van der Waals surface area contributed by atoms with E-state index in [0.29, 0.717) is 0 Å². The SMILES string of the molecule is c1ccc(SCc2cccc3ccccc23)cc1. The van der Waals surface area contributed by atoms with Crippen molar-refractivity contribution >= 4 is 22.5 Å². The Kier molecular flexibility index (Phi) is 3.33. The Bertz CT molecular complexity index is 639. The van der Waals surface area contributed by atoms with Crippen molar-refractivity contribution in [3.8, 4) is 0 Å². The molecule has 0 heterocycles. The molecule has 0 aliphatic carbocycles. The summed E-state index contributed by atoms with van der Waals surface area (Å²) in [6.07, 6.45) is 0. The average molecular weight is 250 g/mol. The second-order valence-electron chi connectivity index (χ2n) is 4.24. The Labute approximate surface area is 112 Å². The van der Waals surface area contributed by atoms with Crippen molar-refractivity contribution in [2.45, 2.75) is 10.6 Å². The summed E-state index contributed by atoms with van der Waals surface area (Å²) in [6.45, 7) is 0. The zero-order valence-corrected chi connectivity index (χ0v) is 10.9. The van der Waals surface area contributed by atoms with Gasteiger partial charge in [-0.05, 0) is 28.5 Å². The summed E-state index contributed by atoms with van der Waals surface area (Å²) in [7, 11) is 0. The zero-order chi connectivity index (χ0) is 12.2. The van der Waals surface area contributed by atoms with Crippen LogP contribution in [0.3, 0.4) is 0 Å². The van der Waals surface area contributed by atoms with E-state index in [1.54, 1.807) is 0 Å². The van der Waals surface area contributed by atoms with Gasteiger partial charge in [0.05, 0.1) is 0 Å². The summed E-state index contributed by atoms with van der Waals surface area (Å²) in [5.41, 5.74) is 1.40. The van der Waals surface area contributed by atoms with Crippen molar-refractivity contribution in [1.29, 1.82) is 0 Å². The van der Waals surface area contributed by atoms with Crippen molar-refractivity contribution < 1.29 is 0 Å². The van der Waals surface area contributed by atoms with E-state index < -0.39 is 0 Å². The van der Waals surface area contributed by atoms with E-state index in [9.17, 15) is 0 Å². The molecule has 0 radical (unpaired) electrons. The van der Waals surface area contributed by atoms with E-state index in [2.05, 4.69) is 72.8 Å². The maximum atomic E-state index is 2.22. The molecule has 0 aliphatic heterocycles. The number of hydrogen-bond acceptors (Lipinski definition) is 1. The number of rotatable bonds is 3. The third-order valence-electron chi connectivity index (χ3n) is 3.02. The van der Waals surface area contributed by atoms with Gasteiger partial charge in [0.1, 0.15) is 0 Å². The van der Waals surface area contributed by atoms with Gasteiger partial charge in [0.2, 0.25) is 0 Å². The Morgan fingerprint density at radius 1 is 0.667 bits per heavy atom. The van der Waals surface area contributed by atoms with Gasteiger partial charge in [0.25, 0.3) is 0 Å². The Hall–Kier alpha value is -1.73. The number of benzene rings is 3. The van der Waals surface area contributed by atoms with Crippen LogP contribution in [0.4, 0.5) is 0 Å². The lowest BCUT2D eigenvalue weighted by Gasteiger charge is -2.06. The highest BCUT2D eigenvalue weighted by Crippen LogP contribution is 2.26. The van der Waals surface area contributed by atoms with Crippen LogP contribution in [0.15, 0.2) is 77.7 Å². The lowest BCUT2D eigenvalue weighted by atomic mass is 10.1. The van der Waals surface area contributed by atoms with Gasteiger partial charge in [0, 0.05) is 10.6 Å². The van der Waals surface area contributed by atoms with E-state index in [0.717, 1.165) is 5.75 Å². The predicted octanol–water partition coefficient (Wildman–Crippen LogP) is 5.13. The third kappa shape index (κ3) is 2.41. The largest absolute Gasteiger partial charge is 0.121 e. The van der Waals surface area contributed by atoms with Gasteiger partial charge in [-0.1, -0.05) is 60.7 Å². The van der Waals surface area contributed by atoms with Crippen molar-refractivity contribution in [2.24, 2.45) is 0 Å². The molecule has 0 nitrogen and oxygen atoms in total. The summed E-state index contributed by atoms with van der Waals surface area (Å²) >= 11 is 1.89. The maximum Gasteiger partial charge on any atom is 0.0238 e. The van der Waals surface area contributed by atoms with Crippen LogP contribution in [0.5, 0.6) is 0 Å². The quantitative estimate of drug-likeness (QED) is 0.580. The van der Waals surface area contributed by atoms with Crippen LogP contribution in [0.1, 0.15) is 5.56 Å². The van der Waals surface area contributed by atoms with Crippen LogP contribution in [0.25, 0.3) is 10.8 Å². The summed E-state index contributed by atoms with van der Waals surface area (Å²) in [6, 6.07) is 25.7. The number of thioether (sulfide) groups is 1. The first kappa shape index (κ1) is 11.4. The standard InChI is InChI=1S/C17H14S/c1-2-10-16(11-3-1)18-13-15-9-6-8-14-7-4-5-12-17(14)15/h1-12H,13H2. The van der Waals surface area contributed by atoms with Crippen LogP contribution >= 0.6 is 11.8 Å². The van der Waals surface area contributed by atoms with Crippen LogP contribution in [-0.4, -0.2) is 0 Å². The Balaban J connectivity index is 1.87. The molecule has 88 valence electrons. The highest BCUT2D eigenvalue weighted by Gasteiger charge is 2.00. The van der Waals surface area contributed by atoms with Crippen LogP contribution in [0.2, 0.25) is 0 Å². The molecular weight excluding hydrogens is 236 g/mol. The molecule has 3 rings (SSSR count). The van der Waals surface area contributed by atoms with Gasteiger partial charge in [-0.2, -0.15) is 0 Å². The molecule has 0 bridgehead atoms. The molecule has 0 amide bonds. The minimum Gasteiger partial charge on any atom is -0.121 e. The molecule has 18 heavy (non-hydrogen) atoms. The molecule has 0 spiro atoms. The molecule has 3 aromatic carbocycles. The van der Waals surface area contributed by atoms with E-state index in [1.807, 2.05) is 11.8 Å². The van der Waals surface area contributed by atoms with E-state index in [4.69, 9.17) is 0 Å². The zero-order valence-electron chi connectivity index (χ0n) is 10.0. The molecule has 0 atom stereocenters. The summed E-state index contributed by atoms with van der Waals surface area (Å²) in [5, 5.41) is 2.69. The molecule has 0 N–H and O–H groups in total. The van der Waals surface area contributed by atoms with E-state index in [1.165, 1.54) is 21.2 Å². The van der Waals surface area contributed by atoms with Crippen LogP contribution in [0, 0.1) is 0 Å². The van der Waals surface area contributed by atoms with Gasteiger partial charge in [0.15, 0.2) is 0 Å². The molecule has 1 heteroatoms. The normalized spacial score (nSPS) is 10.7. The first-order valence-electron chi connectivity index (χ1n) is 6.08. The molecule has 3 aromatic rings. The van der Waals surface area contributed by atoms with Crippen molar-refractivity contribution in [1.82, 2.24) is 0 Å². The fourth-order valence-corrected chi connectivity index (χ4v) is 3.02. The second-order valence-corrected chi connectivity index (χ2v) is 5.29. The fraction of sp³-hybridized carbons (Fsp3) is 0.0588. The molecule has 0 saturated heterocycles. The monoisotopic (exact) mass is 250 g/mol. The topological polar surface area (TPSA) is 0 Å². The summed E-state index contributed by atoms with van der Waals surface area (Å²) in [5.74, 6) is 1.02. The van der Waals surface area contributed by atoms with Crippen molar-refractivity contribution in [3.63, 3.8) is 0 Å². The summed E-state index contributed by atoms with van der Waals surface area (Å²) in [4.78, 5) is 1.32. The third-order valence-corrected chi connectivity index (χ3v) is 4.08. The van der Waals surface area contributed by atoms with E-state index >= 15 is 0 Å². The molecule has 0 fully saturated rings. The summed E-state index contributed by atoms with van der Waals surface area (Å²) < 4.78 is 0. The molecular formula is C17H14S. The van der Waals surface area contributed by atoms with Crippen LogP contribution in [-0.2, 0) is 5.75 Å². The van der Waals surface area contributed by atoms with Crippen LogP contribution < -0.4 is 0 Å². The first-order valence-corrected chi connectivity index (χ1v) is 7.06. The lowest BCUT2D eigenvalue weighted by molar-refractivity contribution is 1.41. The van der Waals surface area contributed by atoms with Gasteiger partial charge in [-0.3, -0.25) is 0 Å². The van der Waals surface area contributed by atoms with Crippen molar-refractivity contribution in [3.05, 3.63) is 78.4 Å². The number of fused-ring (bicyclic) bond motifs is 1. The highest BCUT2D eigenvalue weighted by molar-refractivity contribution is 7.98. The van der Waals surface area contributed by atoms with Gasteiger partial charge in [-0.25, -0.2) is 0 Å². The molecule has 0 aromatic heterocycles. The smallest absolute Gasteiger partial charge is 0.0238 e. The first-order chi connectivity index (χ1) is 8.93. The highest BCUT2D eigenvalue weighted by atomic mass is 32.2. The van der Waals surface area contributed by atoms with Gasteiger partial charge < -0.3 is 0 Å². The lowest BCUT2D eigenvalue weighted by Crippen LogP contribution is -1.83. The predicted molar refractivity (Wildman–Crippen MR) is 80.0 cm³/mol. The van der Waals surface area contributed by atoms with Gasteiger partial charge in [-0.15, -0.1) is 11.8 Å². The average Bonchev–Trinajstić information content (AvgIpc) is 2.46. The Morgan fingerprint density at radius 2 is 1.39 bits per heavy atom. The number of hydrogen-bond donors (Lipinski definition) is 0.